The number of hydrogen-bond donors (Lipinski definition) is 7. The average Bonchev–Trinajstić information content (AvgIpc) is 3.30. The molecule has 0 radical (unpaired) electrons. The van der Waals surface area contributed by atoms with Crippen LogP contribution in [0.5, 0.6) is 11.5 Å². The summed E-state index contributed by atoms with van der Waals surface area (Å²) in [6.45, 7) is 4.94. The molecule has 1 saturated carbocycles. The summed E-state index contributed by atoms with van der Waals surface area (Å²) < 4.78 is 18.5. The number of carbonyl (C=O) groups is 4. The van der Waals surface area contributed by atoms with Gasteiger partial charge in [-0.15, -0.1) is 6.58 Å². The maximum Gasteiger partial charge on any atom is 0.338 e. The predicted octanol–water partition coefficient (Wildman–Crippen LogP) is 3.54. The molecule has 0 spiro atoms. The lowest BCUT2D eigenvalue weighted by atomic mass is 9.86. The summed E-state index contributed by atoms with van der Waals surface area (Å²) in [6, 6.07) is 30.1. The fourth-order valence-corrected chi connectivity index (χ4v) is 7.86. The monoisotopic (exact) mass is 885 g/mol. The van der Waals surface area contributed by atoms with Crippen LogP contribution in [0.4, 0.5) is 0 Å². The van der Waals surface area contributed by atoms with Gasteiger partial charge in [0.05, 0.1) is 19.7 Å². The third kappa shape index (κ3) is 13.5. The van der Waals surface area contributed by atoms with E-state index in [0.29, 0.717) is 50.6 Å². The highest BCUT2D eigenvalue weighted by Gasteiger charge is 2.30. The van der Waals surface area contributed by atoms with Gasteiger partial charge in [-0.1, -0.05) is 103 Å². The number of fused-ring (bicyclic) bond motifs is 2. The molecule has 5 aromatic rings. The van der Waals surface area contributed by atoms with E-state index >= 15 is 0 Å². The van der Waals surface area contributed by atoms with Crippen molar-refractivity contribution < 1.29 is 44.1 Å². The summed E-state index contributed by atoms with van der Waals surface area (Å²) >= 11 is 0. The number of guanidine groups is 1. The summed E-state index contributed by atoms with van der Waals surface area (Å²) in [4.78, 5) is 58.0. The maximum atomic E-state index is 14.1. The van der Waals surface area contributed by atoms with Crippen molar-refractivity contribution in [3.63, 3.8) is 0 Å². The van der Waals surface area contributed by atoms with E-state index in [9.17, 15) is 19.2 Å². The molecule has 6 rings (SSSR count). The Hall–Kier alpha value is -6.93. The van der Waals surface area contributed by atoms with Crippen molar-refractivity contribution in [1.82, 2.24) is 16.0 Å². The Morgan fingerprint density at radius 3 is 1.91 bits per heavy atom. The number of nitrogens with one attached hydrogen (secondary N) is 4. The number of hydrogen-bond acceptors (Lipinski definition) is 7. The molecule has 342 valence electrons. The van der Waals surface area contributed by atoms with Crippen LogP contribution in [-0.4, -0.2) is 74.1 Å². The fraction of sp³-hybridized carbons (Fsp3) is 0.353. The number of quaternary nitrogens is 1. The van der Waals surface area contributed by atoms with Crippen LogP contribution in [0.3, 0.4) is 0 Å². The van der Waals surface area contributed by atoms with Crippen LogP contribution < -0.4 is 47.6 Å². The van der Waals surface area contributed by atoms with Gasteiger partial charge in [0.2, 0.25) is 11.8 Å². The minimum absolute atomic E-state index is 0.0170. The maximum absolute atomic E-state index is 14.1. The van der Waals surface area contributed by atoms with Crippen molar-refractivity contribution in [1.29, 1.82) is 0 Å². The molecule has 3 atom stereocenters. The van der Waals surface area contributed by atoms with Crippen LogP contribution in [0.25, 0.3) is 32.7 Å². The van der Waals surface area contributed by atoms with Gasteiger partial charge in [-0.3, -0.25) is 30.8 Å². The Morgan fingerprint density at radius 2 is 1.31 bits per heavy atom. The Balaban J connectivity index is 1.20. The zero-order chi connectivity index (χ0) is 46.0. The molecule has 65 heavy (non-hydrogen) atoms. The molecule has 14 nitrogen and oxygen atoms in total. The zero-order valence-corrected chi connectivity index (χ0v) is 37.0. The predicted molar refractivity (Wildman–Crippen MR) is 252 cm³/mol. The number of rotatable bonds is 25. The number of nitrogens with two attached hydrogens (primary N) is 2. The molecule has 0 saturated heterocycles. The molecule has 5 aromatic carbocycles. The number of carbonyl (C=O) groups excluding carboxylic acids is 4. The van der Waals surface area contributed by atoms with E-state index in [1.54, 1.807) is 0 Å². The molecular weight excluding hydrogens is 823 g/mol. The normalized spacial score (nSPS) is 13.7. The van der Waals surface area contributed by atoms with E-state index in [2.05, 4.69) is 51.5 Å². The Labute approximate surface area is 380 Å². The molecule has 1 fully saturated rings. The molecule has 14 heteroatoms. The quantitative estimate of drug-likeness (QED) is 0.0149. The van der Waals surface area contributed by atoms with Crippen molar-refractivity contribution >= 4 is 51.2 Å². The molecule has 0 unspecified atom stereocenters. The van der Waals surface area contributed by atoms with Gasteiger partial charge >= 0.3 is 11.9 Å². The van der Waals surface area contributed by atoms with Crippen molar-refractivity contribution in [3.8, 4) is 22.6 Å². The molecule has 0 aromatic heterocycles. The second-order valence-corrected chi connectivity index (χ2v) is 16.5. The van der Waals surface area contributed by atoms with E-state index in [4.69, 9.17) is 25.7 Å². The highest BCUT2D eigenvalue weighted by atomic mass is 16.5. The first kappa shape index (κ1) is 47.5. The summed E-state index contributed by atoms with van der Waals surface area (Å²) in [5.41, 5.74) is 17.6. The van der Waals surface area contributed by atoms with E-state index in [1.807, 2.05) is 84.9 Å². The summed E-state index contributed by atoms with van der Waals surface area (Å²) in [7, 11) is 0. The van der Waals surface area contributed by atoms with Crippen LogP contribution in [0.15, 0.2) is 116 Å². The number of unbranched alkanes of at least 4 members (excludes halogenated alkanes) is 1. The first-order valence-corrected chi connectivity index (χ1v) is 22.6. The van der Waals surface area contributed by atoms with Crippen LogP contribution >= 0.6 is 0 Å². The summed E-state index contributed by atoms with van der Waals surface area (Å²) in [5.74, 6) is -0.591. The van der Waals surface area contributed by atoms with Gasteiger partial charge in [-0.2, -0.15) is 0 Å². The summed E-state index contributed by atoms with van der Waals surface area (Å²) in [5, 5.41) is 12.4. The van der Waals surface area contributed by atoms with Gasteiger partial charge in [-0.05, 0) is 96.5 Å². The van der Waals surface area contributed by atoms with Gasteiger partial charge in [0.1, 0.15) is 36.2 Å². The lowest BCUT2D eigenvalue weighted by Gasteiger charge is -2.26. The average molecular weight is 886 g/mol. The number of esters is 1. The lowest BCUT2D eigenvalue weighted by Crippen LogP contribution is -2.78. The topological polar surface area (TPSA) is 226 Å². The van der Waals surface area contributed by atoms with Crippen molar-refractivity contribution in [2.45, 2.75) is 82.5 Å². The lowest BCUT2D eigenvalue weighted by molar-refractivity contribution is -0.459. The second kappa shape index (κ2) is 24.2. The van der Waals surface area contributed by atoms with Gasteiger partial charge in [0.15, 0.2) is 6.61 Å². The Kier molecular flexibility index (Phi) is 17.7. The highest BCUT2D eigenvalue weighted by molar-refractivity contribution is 6.10. The van der Waals surface area contributed by atoms with Crippen LogP contribution in [-0.2, 0) is 30.5 Å². The van der Waals surface area contributed by atoms with Gasteiger partial charge < -0.3 is 35.9 Å². The molecular formula is C51H63N7O7+2. The highest BCUT2D eigenvalue weighted by Crippen LogP contribution is 2.46. The van der Waals surface area contributed by atoms with Gasteiger partial charge in [0, 0.05) is 11.1 Å². The van der Waals surface area contributed by atoms with E-state index in [0.717, 1.165) is 56.8 Å². The number of amides is 3. The number of benzene rings is 5. The van der Waals surface area contributed by atoms with Gasteiger partial charge in [0.25, 0.3) is 5.91 Å². The van der Waals surface area contributed by atoms with Crippen LogP contribution in [0.2, 0.25) is 0 Å². The Morgan fingerprint density at radius 1 is 0.723 bits per heavy atom. The zero-order valence-electron chi connectivity index (χ0n) is 37.0. The Bertz CT molecular complexity index is 2430. The minimum atomic E-state index is -1.09. The van der Waals surface area contributed by atoms with E-state index in [1.165, 1.54) is 12.5 Å². The first-order chi connectivity index (χ1) is 31.6. The molecule has 0 heterocycles. The largest absolute Gasteiger partial charge is 0.493 e. The summed E-state index contributed by atoms with van der Waals surface area (Å²) in [6.07, 6.45) is 7.23. The number of ether oxygens (including phenoxy) is 3. The second-order valence-electron chi connectivity index (χ2n) is 16.5. The van der Waals surface area contributed by atoms with Crippen molar-refractivity contribution in [2.24, 2.45) is 17.4 Å². The molecule has 0 aliphatic heterocycles. The smallest absolute Gasteiger partial charge is 0.338 e. The molecule has 1 aliphatic rings. The molecule has 11 N–H and O–H groups in total. The van der Waals surface area contributed by atoms with E-state index < -0.39 is 48.4 Å². The fourth-order valence-electron chi connectivity index (χ4n) is 7.86. The molecule has 0 bridgehead atoms. The SMILES string of the molecule is C=CC[C@H](NC(=O)[C@@H](CCC[NH+]=C(N)N)NC(=O)[C@@H](CCCC[NH3+])NC(=O)COc1ccc2ccccc2c1-c1c(OCC2CCC2)ccc2ccccc12)C(=O)OCc1ccccc1. The van der Waals surface area contributed by atoms with Crippen molar-refractivity contribution in [3.05, 3.63) is 121 Å². The van der Waals surface area contributed by atoms with Gasteiger partial charge in [-0.25, -0.2) is 4.79 Å². The van der Waals surface area contributed by atoms with E-state index in [-0.39, 0.29) is 31.8 Å². The third-order valence-corrected chi connectivity index (χ3v) is 11.6. The molecule has 3 amide bonds. The third-order valence-electron chi connectivity index (χ3n) is 11.6. The molecule has 1 aliphatic carbocycles. The minimum Gasteiger partial charge on any atom is -0.493 e. The van der Waals surface area contributed by atoms with Crippen LogP contribution in [0.1, 0.15) is 63.4 Å². The first-order valence-electron chi connectivity index (χ1n) is 22.6. The van der Waals surface area contributed by atoms with Crippen molar-refractivity contribution in [2.75, 3.05) is 26.3 Å². The van der Waals surface area contributed by atoms with Crippen LogP contribution in [0, 0.1) is 5.92 Å². The standard InChI is InChI=1S/C51H61N7O7/c1-2-14-42(50(62)65-32-34-15-4-3-5-16-34)58-49(61)41(24-13-30-55-51(53)54)57-48(60)40(23-10-11-29-52)56-45(59)33-64-44-28-26-37-20-7-9-22-39(37)47(44)46-38-21-8-6-19-36(38)25-27-43(46)63-31-35-17-12-18-35/h2-9,15-16,19-22,25-28,35,40-42H,1,10-14,17-18,23-24,29-33,52H2,(H,56,59)(H,57,60)(H,58,61)(H4,53,54,55)/p+2/t40-,41-,42+/m1/s1.